The molecule has 0 spiro atoms. The Morgan fingerprint density at radius 3 is 2.95 bits per heavy atom. The lowest BCUT2D eigenvalue weighted by Gasteiger charge is -2.06. The largest absolute Gasteiger partial charge is 0.485 e. The molecular weight excluding hydrogens is 387 g/mol. The molecule has 4 nitrogen and oxygen atoms in total. The highest BCUT2D eigenvalue weighted by Crippen LogP contribution is 2.25. The molecule has 0 aliphatic heterocycles. The standard InChI is InChI=1S/C14H11IN2O2S/c1-9-2-3-12(13(15)16-9)19-7-11-8-20-14(17-11)10-4-5-18-6-10/h2-6,8H,7H2,1H3. The molecule has 3 heterocycles. The monoisotopic (exact) mass is 398 g/mol. The second-order valence-corrected chi connectivity index (χ2v) is 6.07. The third kappa shape index (κ3) is 3.01. The van der Waals surface area contributed by atoms with Crippen LogP contribution in [0.2, 0.25) is 0 Å². The Hall–Kier alpha value is -1.41. The van der Waals surface area contributed by atoms with Gasteiger partial charge in [-0.05, 0) is 47.7 Å². The van der Waals surface area contributed by atoms with Crippen LogP contribution in [0.4, 0.5) is 0 Å². The van der Waals surface area contributed by atoms with Crippen LogP contribution in [0.3, 0.4) is 0 Å². The van der Waals surface area contributed by atoms with E-state index in [4.69, 9.17) is 9.15 Å². The molecule has 0 unspecified atom stereocenters. The minimum Gasteiger partial charge on any atom is -0.485 e. The number of furan rings is 1. The molecule has 0 saturated heterocycles. The first-order chi connectivity index (χ1) is 9.72. The van der Waals surface area contributed by atoms with Gasteiger partial charge in [-0.2, -0.15) is 0 Å². The Morgan fingerprint density at radius 1 is 1.30 bits per heavy atom. The lowest BCUT2D eigenvalue weighted by atomic mass is 10.3. The summed E-state index contributed by atoms with van der Waals surface area (Å²) in [5.74, 6) is 0.786. The number of ether oxygens (including phenoxy) is 1. The first-order valence-corrected chi connectivity index (χ1v) is 7.91. The summed E-state index contributed by atoms with van der Waals surface area (Å²) in [4.78, 5) is 8.89. The minimum absolute atomic E-state index is 0.440. The van der Waals surface area contributed by atoms with Crippen LogP contribution in [0.1, 0.15) is 11.4 Å². The van der Waals surface area contributed by atoms with Crippen molar-refractivity contribution in [1.29, 1.82) is 0 Å². The quantitative estimate of drug-likeness (QED) is 0.486. The molecule has 0 saturated carbocycles. The Labute approximate surface area is 134 Å². The molecular formula is C14H11IN2O2S. The van der Waals surface area contributed by atoms with Gasteiger partial charge in [0, 0.05) is 16.6 Å². The summed E-state index contributed by atoms with van der Waals surface area (Å²) >= 11 is 3.76. The van der Waals surface area contributed by atoms with Crippen LogP contribution >= 0.6 is 33.9 Å². The van der Waals surface area contributed by atoms with Gasteiger partial charge in [0.25, 0.3) is 0 Å². The zero-order chi connectivity index (χ0) is 13.9. The van der Waals surface area contributed by atoms with Crippen molar-refractivity contribution in [1.82, 2.24) is 9.97 Å². The number of hydrogen-bond acceptors (Lipinski definition) is 5. The van der Waals surface area contributed by atoms with E-state index in [1.54, 1.807) is 23.9 Å². The summed E-state index contributed by atoms with van der Waals surface area (Å²) in [6.45, 7) is 2.40. The molecule has 0 atom stereocenters. The summed E-state index contributed by atoms with van der Waals surface area (Å²) in [5.41, 5.74) is 2.88. The molecule has 3 aromatic heterocycles. The van der Waals surface area contributed by atoms with Gasteiger partial charge in [-0.1, -0.05) is 0 Å². The first kappa shape index (κ1) is 13.6. The van der Waals surface area contributed by atoms with Gasteiger partial charge in [0.2, 0.25) is 0 Å². The van der Waals surface area contributed by atoms with Crippen molar-refractivity contribution < 1.29 is 9.15 Å². The number of thiazole rings is 1. The summed E-state index contributed by atoms with van der Waals surface area (Å²) in [6.07, 6.45) is 3.34. The van der Waals surface area contributed by atoms with Crippen molar-refractivity contribution in [3.63, 3.8) is 0 Å². The number of halogens is 1. The second-order valence-electron chi connectivity index (χ2n) is 4.19. The topological polar surface area (TPSA) is 48.2 Å². The molecule has 0 fully saturated rings. The summed E-state index contributed by atoms with van der Waals surface area (Å²) in [5, 5.41) is 2.94. The molecule has 3 aromatic rings. The van der Waals surface area contributed by atoms with Crippen LogP contribution in [0.15, 0.2) is 40.5 Å². The normalized spacial score (nSPS) is 10.7. The van der Waals surface area contributed by atoms with E-state index in [1.165, 1.54) is 0 Å². The van der Waals surface area contributed by atoms with Gasteiger partial charge in [-0.3, -0.25) is 0 Å². The predicted molar refractivity (Wildman–Crippen MR) is 85.8 cm³/mol. The molecule has 20 heavy (non-hydrogen) atoms. The lowest BCUT2D eigenvalue weighted by Crippen LogP contribution is -1.99. The molecule has 0 aromatic carbocycles. The third-order valence-corrected chi connectivity index (χ3v) is 4.36. The van der Waals surface area contributed by atoms with E-state index < -0.39 is 0 Å². The summed E-state index contributed by atoms with van der Waals surface area (Å²) < 4.78 is 11.7. The maximum absolute atomic E-state index is 5.76. The maximum atomic E-state index is 5.76. The van der Waals surface area contributed by atoms with Crippen LogP contribution in [0.25, 0.3) is 10.6 Å². The van der Waals surface area contributed by atoms with Crippen LogP contribution in [0, 0.1) is 10.6 Å². The molecule has 0 aliphatic rings. The highest BCUT2D eigenvalue weighted by molar-refractivity contribution is 14.1. The SMILES string of the molecule is Cc1ccc(OCc2csc(-c3ccoc3)n2)c(I)n1. The van der Waals surface area contributed by atoms with Gasteiger partial charge in [0.1, 0.15) is 21.6 Å². The Balaban J connectivity index is 1.70. The molecule has 0 amide bonds. The second kappa shape index (κ2) is 5.92. The fourth-order valence-electron chi connectivity index (χ4n) is 1.66. The van der Waals surface area contributed by atoms with Gasteiger partial charge in [-0.15, -0.1) is 11.3 Å². The zero-order valence-corrected chi connectivity index (χ0v) is 13.6. The van der Waals surface area contributed by atoms with Crippen molar-refractivity contribution >= 4 is 33.9 Å². The summed E-state index contributed by atoms with van der Waals surface area (Å²) in [7, 11) is 0. The van der Waals surface area contributed by atoms with Crippen molar-refractivity contribution in [2.24, 2.45) is 0 Å². The molecule has 0 aliphatic carbocycles. The van der Waals surface area contributed by atoms with Crippen LogP contribution in [-0.4, -0.2) is 9.97 Å². The van der Waals surface area contributed by atoms with Crippen LogP contribution in [-0.2, 0) is 6.61 Å². The van der Waals surface area contributed by atoms with E-state index in [0.717, 1.165) is 31.4 Å². The van der Waals surface area contributed by atoms with E-state index in [-0.39, 0.29) is 0 Å². The predicted octanol–water partition coefficient (Wildman–Crippen LogP) is 4.29. The number of nitrogens with zero attached hydrogens (tertiary/aromatic N) is 2. The van der Waals surface area contributed by atoms with Crippen molar-refractivity contribution in [3.8, 4) is 16.3 Å². The molecule has 3 rings (SSSR count). The molecule has 0 N–H and O–H groups in total. The van der Waals surface area contributed by atoms with Gasteiger partial charge in [0.05, 0.1) is 12.0 Å². The minimum atomic E-state index is 0.440. The maximum Gasteiger partial charge on any atom is 0.151 e. The average Bonchev–Trinajstić information content (AvgIpc) is 3.08. The van der Waals surface area contributed by atoms with Crippen LogP contribution < -0.4 is 4.74 Å². The van der Waals surface area contributed by atoms with E-state index >= 15 is 0 Å². The molecule has 6 heteroatoms. The Morgan fingerprint density at radius 2 is 2.20 bits per heavy atom. The fourth-order valence-corrected chi connectivity index (χ4v) is 3.17. The van der Waals surface area contributed by atoms with E-state index in [0.29, 0.717) is 6.61 Å². The third-order valence-electron chi connectivity index (χ3n) is 2.65. The number of aromatic nitrogens is 2. The van der Waals surface area contributed by atoms with Gasteiger partial charge in [0.15, 0.2) is 5.75 Å². The molecule has 0 bridgehead atoms. The smallest absolute Gasteiger partial charge is 0.151 e. The highest BCUT2D eigenvalue weighted by atomic mass is 127. The van der Waals surface area contributed by atoms with Crippen molar-refractivity contribution in [2.45, 2.75) is 13.5 Å². The number of aryl methyl sites for hydroxylation is 1. The Kier molecular flexibility index (Phi) is 4.02. The first-order valence-electron chi connectivity index (χ1n) is 5.95. The fraction of sp³-hybridized carbons (Fsp3) is 0.143. The molecule has 0 radical (unpaired) electrons. The Bertz CT molecular complexity index is 710. The van der Waals surface area contributed by atoms with E-state index in [9.17, 15) is 0 Å². The van der Waals surface area contributed by atoms with E-state index in [2.05, 4.69) is 32.6 Å². The number of rotatable bonds is 4. The van der Waals surface area contributed by atoms with Gasteiger partial charge < -0.3 is 9.15 Å². The number of pyridine rings is 1. The average molecular weight is 398 g/mol. The number of hydrogen-bond donors (Lipinski definition) is 0. The van der Waals surface area contributed by atoms with Gasteiger partial charge >= 0.3 is 0 Å². The highest BCUT2D eigenvalue weighted by Gasteiger charge is 2.08. The molecule has 102 valence electrons. The van der Waals surface area contributed by atoms with E-state index in [1.807, 2.05) is 30.5 Å². The van der Waals surface area contributed by atoms with Crippen molar-refractivity contribution in [2.75, 3.05) is 0 Å². The van der Waals surface area contributed by atoms with Crippen LogP contribution in [0.5, 0.6) is 5.75 Å². The summed E-state index contributed by atoms with van der Waals surface area (Å²) in [6, 6.07) is 5.78. The zero-order valence-electron chi connectivity index (χ0n) is 10.7. The lowest BCUT2D eigenvalue weighted by molar-refractivity contribution is 0.298. The van der Waals surface area contributed by atoms with Crippen molar-refractivity contribution in [3.05, 3.63) is 51.2 Å². The van der Waals surface area contributed by atoms with Gasteiger partial charge in [-0.25, -0.2) is 9.97 Å².